The molecule has 0 spiro atoms. The largest absolute Gasteiger partial charge is 0.494 e. The first-order valence-electron chi connectivity index (χ1n) is 4.69. The fraction of sp³-hybridized carbons (Fsp3) is 0.364. The summed E-state index contributed by atoms with van der Waals surface area (Å²) >= 11 is 0. The second-order valence-corrected chi connectivity index (χ2v) is 3.09. The van der Waals surface area contributed by atoms with Crippen molar-refractivity contribution in [3.8, 4) is 11.8 Å². The standard InChI is InChI=1S/C11H10F3NO/c1-2-16-10-4-3-9(11(12,13)14)7-8(10)5-6-15/h3-4,7H,2,5H2,1H3. The highest BCUT2D eigenvalue weighted by molar-refractivity contribution is 5.39. The Morgan fingerprint density at radius 1 is 1.38 bits per heavy atom. The Bertz CT molecular complexity index is 407. The molecule has 1 rings (SSSR count). The van der Waals surface area contributed by atoms with Gasteiger partial charge in [-0.3, -0.25) is 0 Å². The minimum atomic E-state index is -4.39. The van der Waals surface area contributed by atoms with Gasteiger partial charge in [0.25, 0.3) is 0 Å². The summed E-state index contributed by atoms with van der Waals surface area (Å²) in [5.74, 6) is 0.331. The van der Waals surface area contributed by atoms with Gasteiger partial charge < -0.3 is 4.74 Å². The van der Waals surface area contributed by atoms with E-state index in [1.807, 2.05) is 6.07 Å². The molecule has 0 aromatic heterocycles. The zero-order valence-electron chi connectivity index (χ0n) is 8.64. The van der Waals surface area contributed by atoms with Gasteiger partial charge in [0.15, 0.2) is 0 Å². The maximum Gasteiger partial charge on any atom is 0.416 e. The lowest BCUT2D eigenvalue weighted by atomic mass is 10.1. The molecule has 0 fully saturated rings. The quantitative estimate of drug-likeness (QED) is 0.797. The van der Waals surface area contributed by atoms with Gasteiger partial charge in [0.05, 0.1) is 24.7 Å². The molecule has 0 aliphatic rings. The smallest absolute Gasteiger partial charge is 0.416 e. The Labute approximate surface area is 91.3 Å². The van der Waals surface area contributed by atoms with Gasteiger partial charge in [-0.25, -0.2) is 0 Å². The van der Waals surface area contributed by atoms with Gasteiger partial charge in [-0.05, 0) is 25.1 Å². The molecule has 0 bridgehead atoms. The van der Waals surface area contributed by atoms with E-state index in [0.29, 0.717) is 12.4 Å². The molecule has 86 valence electrons. The summed E-state index contributed by atoms with van der Waals surface area (Å²) in [5, 5.41) is 8.52. The molecule has 0 saturated heterocycles. The predicted molar refractivity (Wildman–Crippen MR) is 51.9 cm³/mol. The monoisotopic (exact) mass is 229 g/mol. The molecule has 1 aromatic carbocycles. The minimum Gasteiger partial charge on any atom is -0.494 e. The summed E-state index contributed by atoms with van der Waals surface area (Å²) < 4.78 is 42.3. The van der Waals surface area contributed by atoms with Gasteiger partial charge in [0.2, 0.25) is 0 Å². The number of nitrogens with zero attached hydrogens (tertiary/aromatic N) is 1. The molecule has 0 radical (unpaired) electrons. The number of hydrogen-bond acceptors (Lipinski definition) is 2. The molecule has 2 nitrogen and oxygen atoms in total. The highest BCUT2D eigenvalue weighted by Crippen LogP contribution is 2.32. The summed E-state index contributed by atoms with van der Waals surface area (Å²) in [4.78, 5) is 0. The maximum atomic E-state index is 12.4. The van der Waals surface area contributed by atoms with Gasteiger partial charge in [0, 0.05) is 5.56 Å². The van der Waals surface area contributed by atoms with E-state index in [-0.39, 0.29) is 12.0 Å². The van der Waals surface area contributed by atoms with Crippen molar-refractivity contribution in [2.45, 2.75) is 19.5 Å². The zero-order chi connectivity index (χ0) is 12.2. The van der Waals surface area contributed by atoms with Crippen LogP contribution in [0.15, 0.2) is 18.2 Å². The summed E-state index contributed by atoms with van der Waals surface area (Å²) in [6.45, 7) is 2.08. The fourth-order valence-electron chi connectivity index (χ4n) is 1.28. The highest BCUT2D eigenvalue weighted by atomic mass is 19.4. The van der Waals surface area contributed by atoms with Crippen molar-refractivity contribution in [3.63, 3.8) is 0 Å². The molecular weight excluding hydrogens is 219 g/mol. The molecule has 16 heavy (non-hydrogen) atoms. The second kappa shape index (κ2) is 4.88. The number of halogens is 3. The molecule has 0 saturated carbocycles. The topological polar surface area (TPSA) is 33.0 Å². The van der Waals surface area contributed by atoms with Crippen molar-refractivity contribution in [2.75, 3.05) is 6.61 Å². The van der Waals surface area contributed by atoms with Gasteiger partial charge in [-0.1, -0.05) is 0 Å². The zero-order valence-corrected chi connectivity index (χ0v) is 8.64. The van der Waals surface area contributed by atoms with Crippen LogP contribution < -0.4 is 4.74 Å². The van der Waals surface area contributed by atoms with E-state index in [4.69, 9.17) is 10.00 Å². The molecule has 0 atom stereocenters. The van der Waals surface area contributed by atoms with Crippen molar-refractivity contribution in [1.29, 1.82) is 5.26 Å². The van der Waals surface area contributed by atoms with Gasteiger partial charge in [-0.2, -0.15) is 18.4 Å². The fourth-order valence-corrected chi connectivity index (χ4v) is 1.28. The predicted octanol–water partition coefficient (Wildman–Crippen LogP) is 3.17. The molecule has 0 aliphatic carbocycles. The Balaban J connectivity index is 3.13. The van der Waals surface area contributed by atoms with E-state index in [1.54, 1.807) is 6.92 Å². The molecule has 0 heterocycles. The lowest BCUT2D eigenvalue weighted by Gasteiger charge is -2.11. The van der Waals surface area contributed by atoms with Crippen LogP contribution in [0.4, 0.5) is 13.2 Å². The highest BCUT2D eigenvalue weighted by Gasteiger charge is 2.31. The lowest BCUT2D eigenvalue weighted by Crippen LogP contribution is -2.06. The molecule has 0 N–H and O–H groups in total. The van der Waals surface area contributed by atoms with E-state index in [2.05, 4.69) is 0 Å². The molecule has 1 aromatic rings. The third kappa shape index (κ3) is 2.89. The molecular formula is C11H10F3NO. The minimum absolute atomic E-state index is 0.0980. The van der Waals surface area contributed by atoms with Gasteiger partial charge in [-0.15, -0.1) is 0 Å². The second-order valence-electron chi connectivity index (χ2n) is 3.09. The van der Waals surface area contributed by atoms with Crippen molar-refractivity contribution < 1.29 is 17.9 Å². The van der Waals surface area contributed by atoms with Crippen LogP contribution >= 0.6 is 0 Å². The molecule has 0 unspecified atom stereocenters. The summed E-state index contributed by atoms with van der Waals surface area (Å²) in [6, 6.07) is 4.97. The van der Waals surface area contributed by atoms with E-state index in [9.17, 15) is 13.2 Å². The summed E-state index contributed by atoms with van der Waals surface area (Å²) in [7, 11) is 0. The Kier molecular flexibility index (Phi) is 3.78. The van der Waals surface area contributed by atoms with Crippen LogP contribution in [-0.4, -0.2) is 6.61 Å². The number of rotatable bonds is 3. The average Bonchev–Trinajstić information content (AvgIpc) is 2.19. The van der Waals surface area contributed by atoms with Gasteiger partial charge in [0.1, 0.15) is 5.75 Å². The number of benzene rings is 1. The Morgan fingerprint density at radius 2 is 2.06 bits per heavy atom. The van der Waals surface area contributed by atoms with Crippen molar-refractivity contribution >= 4 is 0 Å². The number of nitriles is 1. The first kappa shape index (κ1) is 12.4. The van der Waals surface area contributed by atoms with Crippen molar-refractivity contribution in [2.24, 2.45) is 0 Å². The lowest BCUT2D eigenvalue weighted by molar-refractivity contribution is -0.137. The maximum absolute atomic E-state index is 12.4. The van der Waals surface area contributed by atoms with Crippen LogP contribution in [0.1, 0.15) is 18.1 Å². The van der Waals surface area contributed by atoms with E-state index in [0.717, 1.165) is 12.1 Å². The Hall–Kier alpha value is -1.70. The van der Waals surface area contributed by atoms with Crippen LogP contribution in [0.2, 0.25) is 0 Å². The summed E-state index contributed by atoms with van der Waals surface area (Å²) in [5.41, 5.74) is -0.500. The van der Waals surface area contributed by atoms with Crippen molar-refractivity contribution in [1.82, 2.24) is 0 Å². The van der Waals surface area contributed by atoms with E-state index < -0.39 is 11.7 Å². The van der Waals surface area contributed by atoms with Crippen LogP contribution in [0.5, 0.6) is 5.75 Å². The van der Waals surface area contributed by atoms with Gasteiger partial charge >= 0.3 is 6.18 Å². The van der Waals surface area contributed by atoms with Crippen LogP contribution in [0.25, 0.3) is 0 Å². The van der Waals surface area contributed by atoms with Crippen LogP contribution in [-0.2, 0) is 12.6 Å². The van der Waals surface area contributed by atoms with E-state index in [1.165, 1.54) is 6.07 Å². The first-order valence-corrected chi connectivity index (χ1v) is 4.69. The number of hydrogen-bond donors (Lipinski definition) is 0. The van der Waals surface area contributed by atoms with Crippen LogP contribution in [0.3, 0.4) is 0 Å². The average molecular weight is 229 g/mol. The van der Waals surface area contributed by atoms with Crippen molar-refractivity contribution in [3.05, 3.63) is 29.3 Å². The third-order valence-electron chi connectivity index (χ3n) is 1.96. The SMILES string of the molecule is CCOc1ccc(C(F)(F)F)cc1CC#N. The van der Waals surface area contributed by atoms with Crippen LogP contribution in [0, 0.1) is 11.3 Å². The third-order valence-corrected chi connectivity index (χ3v) is 1.96. The first-order chi connectivity index (χ1) is 7.49. The molecule has 5 heteroatoms. The summed E-state index contributed by atoms with van der Waals surface area (Å²) in [6.07, 6.45) is -4.49. The molecule has 0 aliphatic heterocycles. The van der Waals surface area contributed by atoms with E-state index >= 15 is 0 Å². The molecule has 0 amide bonds. The number of alkyl halides is 3. The number of ether oxygens (including phenoxy) is 1. The normalized spacial score (nSPS) is 10.9. The Morgan fingerprint density at radius 3 is 2.56 bits per heavy atom.